The minimum absolute atomic E-state index is 0.194. The first-order chi connectivity index (χ1) is 11.1. The average molecular weight is 327 g/mol. The summed E-state index contributed by atoms with van der Waals surface area (Å²) < 4.78 is 12.8. The van der Waals surface area contributed by atoms with Crippen molar-refractivity contribution in [1.29, 1.82) is 0 Å². The molecule has 0 atom stereocenters. The largest absolute Gasteiger partial charge is 0.300 e. The van der Waals surface area contributed by atoms with Crippen LogP contribution in [0.1, 0.15) is 15.9 Å². The van der Waals surface area contributed by atoms with Crippen LogP contribution in [0.15, 0.2) is 58.7 Å². The van der Waals surface area contributed by atoms with E-state index < -0.39 is 11.7 Å². The second kappa shape index (κ2) is 6.53. The Balaban J connectivity index is 1.78. The highest BCUT2D eigenvalue weighted by atomic mass is 32.2. The zero-order valence-corrected chi connectivity index (χ0v) is 12.5. The molecule has 0 radical (unpaired) electrons. The average Bonchev–Trinajstić information content (AvgIpc) is 2.88. The third kappa shape index (κ3) is 3.70. The Bertz CT molecular complexity index is 817. The predicted molar refractivity (Wildman–Crippen MR) is 86.1 cm³/mol. The second-order valence-electron chi connectivity index (χ2n) is 4.58. The Morgan fingerprint density at radius 2 is 2.04 bits per heavy atom. The number of nitrogens with one attached hydrogen (secondary N) is 1. The molecule has 1 fully saturated rings. The van der Waals surface area contributed by atoms with Gasteiger partial charge in [0.1, 0.15) is 5.82 Å². The summed E-state index contributed by atoms with van der Waals surface area (Å²) in [5, 5.41) is 2.72. The number of nitrogens with zero attached hydrogens (tertiary/aromatic N) is 2. The number of aliphatic imine (C=N–C) groups is 1. The molecular weight excluding hydrogens is 317 g/mol. The summed E-state index contributed by atoms with van der Waals surface area (Å²) in [7, 11) is 0. The zero-order chi connectivity index (χ0) is 16.2. The molecular formula is C16H10FN3O2S. The highest BCUT2D eigenvalue weighted by Crippen LogP contribution is 2.26. The number of thioether (sulfide) groups is 1. The van der Waals surface area contributed by atoms with Crippen LogP contribution in [0.3, 0.4) is 0 Å². The molecule has 1 aromatic heterocycles. The quantitative estimate of drug-likeness (QED) is 0.861. The maximum Gasteiger partial charge on any atom is 0.279 e. The van der Waals surface area contributed by atoms with Crippen molar-refractivity contribution in [3.05, 3.63) is 70.6 Å². The Labute approximate surface area is 135 Å². The molecule has 1 N–H and O–H groups in total. The van der Waals surface area contributed by atoms with Gasteiger partial charge in [-0.3, -0.25) is 14.6 Å². The highest BCUT2D eigenvalue weighted by Gasteiger charge is 2.24. The van der Waals surface area contributed by atoms with Crippen molar-refractivity contribution in [3.8, 4) is 0 Å². The maximum atomic E-state index is 12.8. The van der Waals surface area contributed by atoms with Gasteiger partial charge >= 0.3 is 0 Å². The minimum Gasteiger partial charge on any atom is -0.300 e. The molecule has 23 heavy (non-hydrogen) atoms. The van der Waals surface area contributed by atoms with Crippen LogP contribution in [0.4, 0.5) is 4.39 Å². The number of aromatic nitrogens is 1. The number of rotatable bonds is 2. The van der Waals surface area contributed by atoms with Crippen molar-refractivity contribution in [2.24, 2.45) is 4.99 Å². The number of carbonyl (C=O) groups excluding carboxylic acids is 2. The van der Waals surface area contributed by atoms with Crippen molar-refractivity contribution < 1.29 is 14.0 Å². The Hall–Kier alpha value is -2.80. The van der Waals surface area contributed by atoms with E-state index in [1.807, 2.05) is 6.07 Å². The van der Waals surface area contributed by atoms with Gasteiger partial charge in [-0.05, 0) is 53.7 Å². The SMILES string of the molecule is O=C1NC(=NC(=O)c2ccc(F)cc2)S/C1=C\c1cccnc1. The number of hydrogen-bond acceptors (Lipinski definition) is 4. The molecule has 0 spiro atoms. The van der Waals surface area contributed by atoms with Gasteiger partial charge in [0.2, 0.25) is 0 Å². The molecule has 1 aliphatic rings. The van der Waals surface area contributed by atoms with E-state index in [1.54, 1.807) is 24.5 Å². The van der Waals surface area contributed by atoms with Gasteiger partial charge in [-0.2, -0.15) is 4.99 Å². The van der Waals surface area contributed by atoms with Gasteiger partial charge in [0.15, 0.2) is 5.17 Å². The number of halogens is 1. The lowest BCUT2D eigenvalue weighted by Crippen LogP contribution is -2.20. The smallest absolute Gasteiger partial charge is 0.279 e. The van der Waals surface area contributed by atoms with Gasteiger partial charge in [0.25, 0.3) is 11.8 Å². The molecule has 2 amide bonds. The Kier molecular flexibility index (Phi) is 4.29. The number of amidine groups is 1. The third-order valence-corrected chi connectivity index (χ3v) is 3.84. The van der Waals surface area contributed by atoms with Crippen LogP contribution in [0.5, 0.6) is 0 Å². The standard InChI is InChI=1S/C16H10FN3O2S/c17-12-5-3-11(4-6-12)14(21)19-16-20-15(22)13(23-16)8-10-2-1-7-18-9-10/h1-9H,(H,19,20,21,22)/b13-8-. The molecule has 2 aromatic rings. The van der Waals surface area contributed by atoms with Crippen LogP contribution in [0.25, 0.3) is 6.08 Å². The first kappa shape index (κ1) is 15.1. The number of benzene rings is 1. The van der Waals surface area contributed by atoms with Crippen molar-refractivity contribution >= 4 is 34.8 Å². The van der Waals surface area contributed by atoms with E-state index in [-0.39, 0.29) is 16.6 Å². The van der Waals surface area contributed by atoms with Gasteiger partial charge in [0.05, 0.1) is 4.91 Å². The lowest BCUT2D eigenvalue weighted by molar-refractivity contribution is -0.115. The van der Waals surface area contributed by atoms with Crippen LogP contribution < -0.4 is 5.32 Å². The van der Waals surface area contributed by atoms with E-state index in [1.165, 1.54) is 24.3 Å². The minimum atomic E-state index is -0.546. The molecule has 1 aliphatic heterocycles. The molecule has 0 saturated carbocycles. The molecule has 1 saturated heterocycles. The molecule has 0 unspecified atom stereocenters. The first-order valence-electron chi connectivity index (χ1n) is 6.61. The van der Waals surface area contributed by atoms with Gasteiger partial charge < -0.3 is 5.32 Å². The Morgan fingerprint density at radius 3 is 2.74 bits per heavy atom. The normalized spacial score (nSPS) is 17.5. The molecule has 0 bridgehead atoms. The van der Waals surface area contributed by atoms with E-state index in [0.717, 1.165) is 17.3 Å². The van der Waals surface area contributed by atoms with E-state index in [0.29, 0.717) is 4.91 Å². The highest BCUT2D eigenvalue weighted by molar-refractivity contribution is 8.18. The third-order valence-electron chi connectivity index (χ3n) is 2.93. The molecule has 2 heterocycles. The number of amides is 2. The van der Waals surface area contributed by atoms with E-state index in [9.17, 15) is 14.0 Å². The van der Waals surface area contributed by atoms with Gasteiger partial charge in [-0.1, -0.05) is 6.07 Å². The lowest BCUT2D eigenvalue weighted by Gasteiger charge is -1.96. The summed E-state index contributed by atoms with van der Waals surface area (Å²) in [6.45, 7) is 0. The summed E-state index contributed by atoms with van der Waals surface area (Å²) in [6, 6.07) is 8.62. The fourth-order valence-electron chi connectivity index (χ4n) is 1.84. The van der Waals surface area contributed by atoms with Crippen LogP contribution in [0.2, 0.25) is 0 Å². The number of hydrogen-bond donors (Lipinski definition) is 1. The van der Waals surface area contributed by atoms with E-state index in [2.05, 4.69) is 15.3 Å². The maximum absolute atomic E-state index is 12.8. The van der Waals surface area contributed by atoms with Crippen LogP contribution in [0, 0.1) is 5.82 Å². The van der Waals surface area contributed by atoms with Crippen LogP contribution in [-0.4, -0.2) is 22.0 Å². The molecule has 3 rings (SSSR count). The van der Waals surface area contributed by atoms with E-state index >= 15 is 0 Å². The second-order valence-corrected chi connectivity index (χ2v) is 5.61. The fourth-order valence-corrected chi connectivity index (χ4v) is 2.66. The van der Waals surface area contributed by atoms with Crippen molar-refractivity contribution in [1.82, 2.24) is 10.3 Å². The molecule has 7 heteroatoms. The summed E-state index contributed by atoms with van der Waals surface area (Å²) >= 11 is 1.07. The van der Waals surface area contributed by atoms with Crippen molar-refractivity contribution in [2.75, 3.05) is 0 Å². The number of carbonyl (C=O) groups is 2. The van der Waals surface area contributed by atoms with E-state index in [4.69, 9.17) is 0 Å². The first-order valence-corrected chi connectivity index (χ1v) is 7.43. The zero-order valence-electron chi connectivity index (χ0n) is 11.7. The molecule has 5 nitrogen and oxygen atoms in total. The fraction of sp³-hybridized carbons (Fsp3) is 0. The molecule has 114 valence electrons. The number of pyridine rings is 1. The summed E-state index contributed by atoms with van der Waals surface area (Å²) in [6.07, 6.45) is 4.93. The summed E-state index contributed by atoms with van der Waals surface area (Å²) in [5.74, 6) is -1.31. The van der Waals surface area contributed by atoms with Crippen molar-refractivity contribution in [3.63, 3.8) is 0 Å². The van der Waals surface area contributed by atoms with Crippen LogP contribution >= 0.6 is 11.8 Å². The predicted octanol–water partition coefficient (Wildman–Crippen LogP) is 2.62. The monoisotopic (exact) mass is 327 g/mol. The lowest BCUT2D eigenvalue weighted by atomic mass is 10.2. The summed E-state index contributed by atoms with van der Waals surface area (Å²) in [5.41, 5.74) is 1.02. The van der Waals surface area contributed by atoms with Gasteiger partial charge in [-0.25, -0.2) is 4.39 Å². The van der Waals surface area contributed by atoms with Crippen molar-refractivity contribution in [2.45, 2.75) is 0 Å². The Morgan fingerprint density at radius 1 is 1.26 bits per heavy atom. The van der Waals surface area contributed by atoms with Crippen LogP contribution in [-0.2, 0) is 4.79 Å². The molecule has 0 aliphatic carbocycles. The van der Waals surface area contributed by atoms with Gasteiger partial charge in [0, 0.05) is 18.0 Å². The van der Waals surface area contributed by atoms with Gasteiger partial charge in [-0.15, -0.1) is 0 Å². The summed E-state index contributed by atoms with van der Waals surface area (Å²) in [4.78, 5) is 32.1. The topological polar surface area (TPSA) is 71.4 Å². The molecule has 1 aromatic carbocycles.